The highest BCUT2D eigenvalue weighted by atomic mass is 35.5. The zero-order chi connectivity index (χ0) is 10.8. The Bertz CT molecular complexity index is 484. The lowest BCUT2D eigenvalue weighted by molar-refractivity contribution is 0.386. The van der Waals surface area contributed by atoms with E-state index in [4.69, 9.17) is 21.9 Å². The van der Waals surface area contributed by atoms with Crippen molar-refractivity contribution in [3.63, 3.8) is 0 Å². The van der Waals surface area contributed by atoms with Crippen LogP contribution in [0, 0.1) is 5.82 Å². The molecule has 78 valence electrons. The van der Waals surface area contributed by atoms with Crippen molar-refractivity contribution < 1.29 is 8.91 Å². The SMILES string of the molecule is NCc1cc(-c2cc(Cl)ccc2F)no1. The van der Waals surface area contributed by atoms with E-state index in [1.54, 1.807) is 6.07 Å². The first-order valence-electron chi connectivity index (χ1n) is 4.32. The van der Waals surface area contributed by atoms with E-state index in [2.05, 4.69) is 5.16 Å². The third-order valence-electron chi connectivity index (χ3n) is 1.96. The molecule has 0 fully saturated rings. The summed E-state index contributed by atoms with van der Waals surface area (Å²) in [5.41, 5.74) is 6.07. The molecule has 0 amide bonds. The predicted octanol–water partition coefficient (Wildman–Crippen LogP) is 2.59. The van der Waals surface area contributed by atoms with Gasteiger partial charge >= 0.3 is 0 Å². The van der Waals surface area contributed by atoms with Crippen molar-refractivity contribution in [3.05, 3.63) is 40.9 Å². The number of aromatic nitrogens is 1. The fourth-order valence-electron chi connectivity index (χ4n) is 1.23. The third-order valence-corrected chi connectivity index (χ3v) is 2.20. The van der Waals surface area contributed by atoms with Crippen LogP contribution < -0.4 is 5.73 Å². The molecule has 0 bridgehead atoms. The molecule has 1 heterocycles. The summed E-state index contributed by atoms with van der Waals surface area (Å²) >= 11 is 5.76. The van der Waals surface area contributed by atoms with Crippen molar-refractivity contribution in [2.24, 2.45) is 5.73 Å². The van der Waals surface area contributed by atoms with Gasteiger partial charge in [-0.1, -0.05) is 16.8 Å². The highest BCUT2D eigenvalue weighted by molar-refractivity contribution is 6.30. The highest BCUT2D eigenvalue weighted by Crippen LogP contribution is 2.25. The van der Waals surface area contributed by atoms with E-state index in [0.717, 1.165) is 0 Å². The van der Waals surface area contributed by atoms with Gasteiger partial charge in [-0.15, -0.1) is 0 Å². The van der Waals surface area contributed by atoms with Crippen molar-refractivity contribution in [2.75, 3.05) is 0 Å². The predicted molar refractivity (Wildman–Crippen MR) is 54.8 cm³/mol. The van der Waals surface area contributed by atoms with Gasteiger partial charge in [0.1, 0.15) is 11.5 Å². The maximum atomic E-state index is 13.4. The Morgan fingerprint density at radius 2 is 2.20 bits per heavy atom. The van der Waals surface area contributed by atoms with Crippen molar-refractivity contribution in [1.82, 2.24) is 5.16 Å². The average molecular weight is 227 g/mol. The van der Waals surface area contributed by atoms with E-state index in [1.807, 2.05) is 0 Å². The lowest BCUT2D eigenvalue weighted by Crippen LogP contribution is -1.92. The molecule has 0 saturated carbocycles. The summed E-state index contributed by atoms with van der Waals surface area (Å²) in [6.07, 6.45) is 0. The second kappa shape index (κ2) is 4.00. The molecular formula is C10H8ClFN2O. The summed E-state index contributed by atoms with van der Waals surface area (Å²) in [7, 11) is 0. The van der Waals surface area contributed by atoms with Gasteiger partial charge in [-0.05, 0) is 18.2 Å². The monoisotopic (exact) mass is 226 g/mol. The number of hydrogen-bond donors (Lipinski definition) is 1. The van der Waals surface area contributed by atoms with Crippen molar-refractivity contribution in [2.45, 2.75) is 6.54 Å². The molecule has 3 nitrogen and oxygen atoms in total. The summed E-state index contributed by atoms with van der Waals surface area (Å²) in [6.45, 7) is 0.231. The average Bonchev–Trinajstić information content (AvgIpc) is 2.70. The molecule has 2 N–H and O–H groups in total. The van der Waals surface area contributed by atoms with Gasteiger partial charge in [-0.2, -0.15) is 0 Å². The minimum atomic E-state index is -0.392. The van der Waals surface area contributed by atoms with E-state index in [9.17, 15) is 4.39 Å². The van der Waals surface area contributed by atoms with Crippen molar-refractivity contribution >= 4 is 11.6 Å². The number of rotatable bonds is 2. The summed E-state index contributed by atoms with van der Waals surface area (Å²) < 4.78 is 18.3. The van der Waals surface area contributed by atoms with Crippen LogP contribution in [0.2, 0.25) is 5.02 Å². The molecule has 2 aromatic rings. The first-order valence-corrected chi connectivity index (χ1v) is 4.69. The van der Waals surface area contributed by atoms with E-state index in [-0.39, 0.29) is 6.54 Å². The lowest BCUT2D eigenvalue weighted by atomic mass is 10.1. The van der Waals surface area contributed by atoms with Gasteiger partial charge in [0.25, 0.3) is 0 Å². The molecule has 0 unspecified atom stereocenters. The minimum absolute atomic E-state index is 0.231. The van der Waals surface area contributed by atoms with Gasteiger partial charge in [0.05, 0.1) is 6.54 Å². The van der Waals surface area contributed by atoms with E-state index in [1.165, 1.54) is 18.2 Å². The quantitative estimate of drug-likeness (QED) is 0.856. The molecule has 5 heteroatoms. The molecular weight excluding hydrogens is 219 g/mol. The van der Waals surface area contributed by atoms with Crippen LogP contribution in [0.3, 0.4) is 0 Å². The molecule has 0 atom stereocenters. The van der Waals surface area contributed by atoms with E-state index in [0.29, 0.717) is 22.0 Å². The Kier molecular flexibility index (Phi) is 2.70. The van der Waals surface area contributed by atoms with E-state index >= 15 is 0 Å². The molecule has 1 aromatic heterocycles. The zero-order valence-electron chi connectivity index (χ0n) is 7.71. The normalized spacial score (nSPS) is 10.6. The minimum Gasteiger partial charge on any atom is -0.359 e. The molecule has 0 aliphatic heterocycles. The summed E-state index contributed by atoms with van der Waals surface area (Å²) in [5.74, 6) is 0.112. The number of halogens is 2. The first kappa shape index (κ1) is 10.1. The second-order valence-electron chi connectivity index (χ2n) is 3.01. The third kappa shape index (κ3) is 2.00. The van der Waals surface area contributed by atoms with Crippen LogP contribution in [-0.4, -0.2) is 5.16 Å². The molecule has 0 radical (unpaired) electrons. The summed E-state index contributed by atoms with van der Waals surface area (Å²) in [6, 6.07) is 5.85. The number of hydrogen-bond acceptors (Lipinski definition) is 3. The summed E-state index contributed by atoms with van der Waals surface area (Å²) in [4.78, 5) is 0. The number of nitrogens with two attached hydrogens (primary N) is 1. The first-order chi connectivity index (χ1) is 7.20. The van der Waals surface area contributed by atoms with Crippen LogP contribution in [0.1, 0.15) is 5.76 Å². The van der Waals surface area contributed by atoms with Crippen LogP contribution in [0.15, 0.2) is 28.8 Å². The molecule has 0 aliphatic carbocycles. The summed E-state index contributed by atoms with van der Waals surface area (Å²) in [5, 5.41) is 4.15. The molecule has 0 saturated heterocycles. The fourth-order valence-corrected chi connectivity index (χ4v) is 1.40. The molecule has 1 aromatic carbocycles. The maximum Gasteiger partial charge on any atom is 0.150 e. The van der Waals surface area contributed by atoms with Gasteiger partial charge in [0.15, 0.2) is 5.76 Å². The largest absolute Gasteiger partial charge is 0.359 e. The van der Waals surface area contributed by atoms with Crippen LogP contribution in [0.5, 0.6) is 0 Å². The second-order valence-corrected chi connectivity index (χ2v) is 3.44. The highest BCUT2D eigenvalue weighted by Gasteiger charge is 2.10. The van der Waals surface area contributed by atoms with Gasteiger partial charge in [-0.25, -0.2) is 4.39 Å². The Labute approximate surface area is 90.6 Å². The zero-order valence-corrected chi connectivity index (χ0v) is 8.46. The molecule has 2 rings (SSSR count). The fraction of sp³-hybridized carbons (Fsp3) is 0.100. The Morgan fingerprint density at radius 1 is 1.40 bits per heavy atom. The van der Waals surface area contributed by atoms with Gasteiger partial charge in [0.2, 0.25) is 0 Å². The molecule has 0 aliphatic rings. The molecule has 15 heavy (non-hydrogen) atoms. The van der Waals surface area contributed by atoms with Gasteiger partial charge in [0, 0.05) is 16.7 Å². The van der Waals surface area contributed by atoms with Crippen LogP contribution in [0.4, 0.5) is 4.39 Å². The molecule has 0 spiro atoms. The standard InChI is InChI=1S/C10H8ClFN2O/c11-6-1-2-9(12)8(3-6)10-4-7(5-13)15-14-10/h1-4H,5,13H2. The van der Waals surface area contributed by atoms with Gasteiger partial charge in [-0.3, -0.25) is 0 Å². The van der Waals surface area contributed by atoms with Crippen LogP contribution >= 0.6 is 11.6 Å². The van der Waals surface area contributed by atoms with Crippen molar-refractivity contribution in [1.29, 1.82) is 0 Å². The Morgan fingerprint density at radius 3 is 2.87 bits per heavy atom. The topological polar surface area (TPSA) is 52.0 Å². The number of benzene rings is 1. The van der Waals surface area contributed by atoms with Crippen LogP contribution in [-0.2, 0) is 6.54 Å². The van der Waals surface area contributed by atoms with Crippen LogP contribution in [0.25, 0.3) is 11.3 Å². The van der Waals surface area contributed by atoms with Gasteiger partial charge < -0.3 is 10.3 Å². The number of nitrogens with zero attached hydrogens (tertiary/aromatic N) is 1. The Hall–Kier alpha value is -1.39. The lowest BCUT2D eigenvalue weighted by Gasteiger charge is -1.98. The maximum absolute atomic E-state index is 13.4. The van der Waals surface area contributed by atoms with E-state index < -0.39 is 5.82 Å². The van der Waals surface area contributed by atoms with Crippen molar-refractivity contribution in [3.8, 4) is 11.3 Å². The smallest absolute Gasteiger partial charge is 0.150 e. The Balaban J connectivity index is 2.48.